The molecule has 158 valence electrons. The summed E-state index contributed by atoms with van der Waals surface area (Å²) in [5.41, 5.74) is 2.59. The SMILES string of the molecule is COc1ccc(-c2nc(C)c(C(=O)Nc3cccc(-c4noc(=O)[nH]4)c3)s2)cc1OC. The summed E-state index contributed by atoms with van der Waals surface area (Å²) in [4.78, 5) is 31.6. The van der Waals surface area contributed by atoms with Gasteiger partial charge in [-0.15, -0.1) is 11.3 Å². The smallest absolute Gasteiger partial charge is 0.439 e. The average Bonchev–Trinajstić information content (AvgIpc) is 3.39. The number of carbonyl (C=O) groups is 1. The van der Waals surface area contributed by atoms with E-state index in [2.05, 4.69) is 25.0 Å². The van der Waals surface area contributed by atoms with E-state index in [1.807, 2.05) is 12.1 Å². The molecule has 4 rings (SSSR count). The zero-order valence-electron chi connectivity index (χ0n) is 16.9. The minimum atomic E-state index is -0.646. The second-order valence-electron chi connectivity index (χ2n) is 6.48. The molecule has 0 unspecified atom stereocenters. The third-order valence-electron chi connectivity index (χ3n) is 4.47. The molecule has 9 nitrogen and oxygen atoms in total. The number of rotatable bonds is 6. The number of hydrogen-bond acceptors (Lipinski definition) is 8. The quantitative estimate of drug-likeness (QED) is 0.471. The summed E-state index contributed by atoms with van der Waals surface area (Å²) >= 11 is 1.28. The molecule has 0 aliphatic heterocycles. The number of amides is 1. The van der Waals surface area contributed by atoms with Crippen LogP contribution in [0.3, 0.4) is 0 Å². The Morgan fingerprint density at radius 2 is 1.90 bits per heavy atom. The number of hydrogen-bond donors (Lipinski definition) is 2. The van der Waals surface area contributed by atoms with Crippen molar-refractivity contribution in [3.63, 3.8) is 0 Å². The van der Waals surface area contributed by atoms with Crippen LogP contribution in [0.25, 0.3) is 22.0 Å². The number of aryl methyl sites for hydroxylation is 1. The molecule has 2 heterocycles. The lowest BCUT2D eigenvalue weighted by molar-refractivity contribution is 0.103. The van der Waals surface area contributed by atoms with Crippen LogP contribution in [-0.4, -0.2) is 35.3 Å². The fourth-order valence-electron chi connectivity index (χ4n) is 2.99. The van der Waals surface area contributed by atoms with Gasteiger partial charge in [0.25, 0.3) is 5.91 Å². The molecule has 0 atom stereocenters. The molecule has 4 aromatic rings. The summed E-state index contributed by atoms with van der Waals surface area (Å²) in [5, 5.41) is 7.21. The molecule has 0 aliphatic rings. The molecule has 2 aromatic carbocycles. The van der Waals surface area contributed by atoms with E-state index in [1.54, 1.807) is 51.5 Å². The van der Waals surface area contributed by atoms with Gasteiger partial charge in [0.1, 0.15) is 9.88 Å². The maximum atomic E-state index is 12.9. The number of nitrogens with one attached hydrogen (secondary N) is 2. The van der Waals surface area contributed by atoms with E-state index >= 15 is 0 Å². The van der Waals surface area contributed by atoms with Crippen molar-refractivity contribution in [1.29, 1.82) is 0 Å². The topological polar surface area (TPSA) is 119 Å². The predicted octanol–water partition coefficient (Wildman–Crippen LogP) is 3.73. The average molecular weight is 438 g/mol. The number of ether oxygens (including phenoxy) is 2. The molecule has 0 saturated heterocycles. The summed E-state index contributed by atoms with van der Waals surface area (Å²) in [7, 11) is 3.14. The third kappa shape index (κ3) is 4.19. The Hall–Kier alpha value is -3.92. The molecule has 1 amide bonds. The lowest BCUT2D eigenvalue weighted by atomic mass is 10.2. The van der Waals surface area contributed by atoms with E-state index in [1.165, 1.54) is 11.3 Å². The maximum Gasteiger partial charge on any atom is 0.439 e. The number of benzene rings is 2. The van der Waals surface area contributed by atoms with Crippen molar-refractivity contribution >= 4 is 22.9 Å². The highest BCUT2D eigenvalue weighted by Gasteiger charge is 2.18. The number of aromatic amines is 1. The summed E-state index contributed by atoms with van der Waals surface area (Å²) < 4.78 is 15.1. The highest BCUT2D eigenvalue weighted by Crippen LogP contribution is 2.35. The van der Waals surface area contributed by atoms with Crippen molar-refractivity contribution in [1.82, 2.24) is 15.1 Å². The first-order chi connectivity index (χ1) is 15.0. The van der Waals surface area contributed by atoms with Gasteiger partial charge in [0.2, 0.25) is 0 Å². The molecule has 0 saturated carbocycles. The highest BCUT2D eigenvalue weighted by molar-refractivity contribution is 7.17. The lowest BCUT2D eigenvalue weighted by Gasteiger charge is -2.08. The molecular weight excluding hydrogens is 420 g/mol. The fraction of sp³-hybridized carbons (Fsp3) is 0.143. The zero-order chi connectivity index (χ0) is 22.0. The van der Waals surface area contributed by atoms with Gasteiger partial charge in [-0.25, -0.2) is 9.78 Å². The normalized spacial score (nSPS) is 10.7. The van der Waals surface area contributed by atoms with Crippen molar-refractivity contribution in [2.75, 3.05) is 19.5 Å². The Morgan fingerprint density at radius 1 is 1.10 bits per heavy atom. The van der Waals surface area contributed by atoms with Crippen LogP contribution in [0.4, 0.5) is 5.69 Å². The molecule has 0 bridgehead atoms. The van der Waals surface area contributed by atoms with Crippen molar-refractivity contribution in [3.8, 4) is 33.5 Å². The number of aromatic nitrogens is 3. The van der Waals surface area contributed by atoms with Gasteiger partial charge >= 0.3 is 5.76 Å². The second-order valence-corrected chi connectivity index (χ2v) is 7.48. The van der Waals surface area contributed by atoms with Crippen LogP contribution < -0.4 is 20.5 Å². The third-order valence-corrected chi connectivity index (χ3v) is 5.67. The number of carbonyl (C=O) groups excluding carboxylic acids is 1. The molecule has 0 radical (unpaired) electrons. The Kier molecular flexibility index (Phi) is 5.54. The first kappa shape index (κ1) is 20.4. The summed E-state index contributed by atoms with van der Waals surface area (Å²) in [6.07, 6.45) is 0. The second kappa shape index (κ2) is 8.44. The van der Waals surface area contributed by atoms with Gasteiger partial charge in [0.15, 0.2) is 17.3 Å². The zero-order valence-corrected chi connectivity index (χ0v) is 17.7. The first-order valence-electron chi connectivity index (χ1n) is 9.16. The van der Waals surface area contributed by atoms with E-state index in [4.69, 9.17) is 9.47 Å². The summed E-state index contributed by atoms with van der Waals surface area (Å²) in [6, 6.07) is 12.4. The maximum absolute atomic E-state index is 12.9. The number of nitrogens with zero attached hydrogens (tertiary/aromatic N) is 2. The fourth-order valence-corrected chi connectivity index (χ4v) is 3.94. The molecule has 2 aromatic heterocycles. The van der Waals surface area contributed by atoms with E-state index in [0.717, 1.165) is 5.56 Å². The lowest BCUT2D eigenvalue weighted by Crippen LogP contribution is -2.11. The first-order valence-corrected chi connectivity index (χ1v) is 9.97. The van der Waals surface area contributed by atoms with Gasteiger partial charge in [0, 0.05) is 16.8 Å². The Balaban J connectivity index is 1.58. The standard InChI is InChI=1S/C21H18N4O5S/c1-11-17(31-20(22-11)13-7-8-15(28-2)16(10-13)29-3)19(26)23-14-6-4-5-12(9-14)18-24-21(27)30-25-18/h4-10H,1-3H3,(H,23,26)(H,24,25,27). The van der Waals surface area contributed by atoms with E-state index in [0.29, 0.717) is 38.3 Å². The van der Waals surface area contributed by atoms with E-state index in [9.17, 15) is 9.59 Å². The molecule has 31 heavy (non-hydrogen) atoms. The van der Waals surface area contributed by atoms with Crippen LogP contribution in [0.2, 0.25) is 0 Å². The van der Waals surface area contributed by atoms with Gasteiger partial charge < -0.3 is 14.8 Å². The number of methoxy groups -OCH3 is 2. The number of thiazole rings is 1. The summed E-state index contributed by atoms with van der Waals surface area (Å²) in [5.74, 6) is 0.554. The molecule has 10 heteroatoms. The van der Waals surface area contributed by atoms with Crippen LogP contribution in [0.5, 0.6) is 11.5 Å². The predicted molar refractivity (Wildman–Crippen MR) is 116 cm³/mol. The number of H-pyrrole nitrogens is 1. The number of anilines is 1. The Morgan fingerprint density at radius 3 is 2.61 bits per heavy atom. The molecule has 0 fully saturated rings. The van der Waals surface area contributed by atoms with Crippen LogP contribution in [0, 0.1) is 6.92 Å². The van der Waals surface area contributed by atoms with Gasteiger partial charge in [0.05, 0.1) is 19.9 Å². The molecule has 0 aliphatic carbocycles. The summed E-state index contributed by atoms with van der Waals surface area (Å²) in [6.45, 7) is 1.78. The van der Waals surface area contributed by atoms with Crippen LogP contribution in [-0.2, 0) is 0 Å². The van der Waals surface area contributed by atoms with E-state index in [-0.39, 0.29) is 11.7 Å². The molecule has 0 spiro atoms. The Bertz CT molecular complexity index is 1310. The van der Waals surface area contributed by atoms with Crippen molar-refractivity contribution in [2.24, 2.45) is 0 Å². The van der Waals surface area contributed by atoms with Crippen LogP contribution >= 0.6 is 11.3 Å². The van der Waals surface area contributed by atoms with Crippen molar-refractivity contribution < 1.29 is 18.8 Å². The Labute approximate surface area is 180 Å². The molecule has 2 N–H and O–H groups in total. The highest BCUT2D eigenvalue weighted by atomic mass is 32.1. The van der Waals surface area contributed by atoms with Crippen molar-refractivity contribution in [2.45, 2.75) is 6.92 Å². The monoisotopic (exact) mass is 438 g/mol. The van der Waals surface area contributed by atoms with Gasteiger partial charge in [-0.05, 0) is 37.3 Å². The van der Waals surface area contributed by atoms with E-state index < -0.39 is 5.76 Å². The minimum absolute atomic E-state index is 0.283. The largest absolute Gasteiger partial charge is 0.493 e. The van der Waals surface area contributed by atoms with Gasteiger partial charge in [-0.2, -0.15) is 0 Å². The molecular formula is C21H18N4O5S. The van der Waals surface area contributed by atoms with Gasteiger partial charge in [-0.3, -0.25) is 14.3 Å². The van der Waals surface area contributed by atoms with Gasteiger partial charge in [-0.1, -0.05) is 17.3 Å². The van der Waals surface area contributed by atoms with Crippen LogP contribution in [0.15, 0.2) is 51.8 Å². The minimum Gasteiger partial charge on any atom is -0.493 e. The van der Waals surface area contributed by atoms with Crippen LogP contribution in [0.1, 0.15) is 15.4 Å². The van der Waals surface area contributed by atoms with Crippen molar-refractivity contribution in [3.05, 3.63) is 63.6 Å².